The zero-order valence-corrected chi connectivity index (χ0v) is 18.1. The van der Waals surface area contributed by atoms with E-state index in [9.17, 15) is 10.2 Å². The summed E-state index contributed by atoms with van der Waals surface area (Å²) in [5.74, 6) is -0.0935. The first-order chi connectivity index (χ1) is 12.5. The molecule has 0 saturated heterocycles. The van der Waals surface area contributed by atoms with Crippen molar-refractivity contribution in [2.75, 3.05) is 0 Å². The van der Waals surface area contributed by atoms with Gasteiger partial charge in [0.25, 0.3) is 0 Å². The number of hydrogen-bond acceptors (Lipinski definition) is 2. The van der Waals surface area contributed by atoms with Crippen LogP contribution in [0, 0.1) is 11.5 Å². The second kappa shape index (κ2) is 5.85. The molecule has 0 fully saturated rings. The quantitative estimate of drug-likeness (QED) is 0.603. The molecule has 1 N–H and O–H groups in total. The minimum atomic E-state index is -0.328. The molecular weight excluding hydrogens is 332 g/mol. The summed E-state index contributed by atoms with van der Waals surface area (Å²) in [4.78, 5) is 0. The molecule has 2 nitrogen and oxygen atoms in total. The normalized spacial score (nSPS) is 16.5. The van der Waals surface area contributed by atoms with E-state index in [1.54, 1.807) is 0 Å². The number of benzene rings is 2. The number of rotatable bonds is 0. The van der Waals surface area contributed by atoms with E-state index in [0.29, 0.717) is 21.9 Å². The van der Waals surface area contributed by atoms with Crippen molar-refractivity contribution in [3.63, 3.8) is 0 Å². The lowest BCUT2D eigenvalue weighted by atomic mass is 9.72. The molecule has 145 valence electrons. The van der Waals surface area contributed by atoms with E-state index in [1.165, 1.54) is 0 Å². The van der Waals surface area contributed by atoms with Gasteiger partial charge in [0, 0.05) is 5.56 Å². The second-order valence-corrected chi connectivity index (χ2v) is 10.8. The summed E-state index contributed by atoms with van der Waals surface area (Å²) in [5.41, 5.74) is 3.07. The number of aliphatic hydroxyl groups excluding tert-OH is 1. The molecule has 2 aromatic rings. The van der Waals surface area contributed by atoms with Gasteiger partial charge in [0.05, 0.1) is 1.37 Å². The van der Waals surface area contributed by atoms with E-state index in [-0.39, 0.29) is 34.1 Å². The lowest BCUT2D eigenvalue weighted by Gasteiger charge is -2.35. The molecular formula is C25H32O2-. The first-order valence-corrected chi connectivity index (χ1v) is 9.66. The first-order valence-electron chi connectivity index (χ1n) is 10.2. The van der Waals surface area contributed by atoms with Gasteiger partial charge in [-0.15, -0.1) is 0 Å². The smallest absolute Gasteiger partial charge is 0.149 e. The molecule has 2 heteroatoms. The molecule has 0 saturated carbocycles. The van der Waals surface area contributed by atoms with Crippen LogP contribution in [-0.4, -0.2) is 5.11 Å². The van der Waals surface area contributed by atoms with Crippen molar-refractivity contribution in [3.8, 4) is 5.75 Å². The summed E-state index contributed by atoms with van der Waals surface area (Å²) >= 11 is 0. The van der Waals surface area contributed by atoms with Crippen LogP contribution in [0.3, 0.4) is 0 Å². The third-order valence-corrected chi connectivity index (χ3v) is 5.36. The fraction of sp³-hybridized carbons (Fsp3) is 0.480. The summed E-state index contributed by atoms with van der Waals surface area (Å²) in [6.45, 7) is 18.4. The van der Waals surface area contributed by atoms with Crippen molar-refractivity contribution < 1.29 is 11.6 Å². The maximum Gasteiger partial charge on any atom is 0.149 e. The van der Waals surface area contributed by atoms with Crippen molar-refractivity contribution >= 4 is 16.8 Å². The van der Waals surface area contributed by atoms with Gasteiger partial charge in [-0.25, -0.2) is 0 Å². The highest BCUT2D eigenvalue weighted by Gasteiger charge is 2.33. The fourth-order valence-electron chi connectivity index (χ4n) is 3.68. The van der Waals surface area contributed by atoms with Crippen LogP contribution < -0.4 is 5.11 Å². The zero-order valence-electron chi connectivity index (χ0n) is 19.1. The van der Waals surface area contributed by atoms with Crippen molar-refractivity contribution in [2.45, 2.75) is 73.1 Å². The molecule has 0 bridgehead atoms. The van der Waals surface area contributed by atoms with Gasteiger partial charge in [-0.1, -0.05) is 92.3 Å². The monoisotopic (exact) mass is 365 g/mol. The van der Waals surface area contributed by atoms with Gasteiger partial charge < -0.3 is 10.2 Å². The van der Waals surface area contributed by atoms with Gasteiger partial charge in [0.1, 0.15) is 6.10 Å². The third kappa shape index (κ3) is 3.29. The van der Waals surface area contributed by atoms with Crippen molar-refractivity contribution in [2.24, 2.45) is 5.41 Å². The molecule has 2 aromatic carbocycles. The fourth-order valence-corrected chi connectivity index (χ4v) is 3.68. The predicted octanol–water partition coefficient (Wildman–Crippen LogP) is 6.20. The van der Waals surface area contributed by atoms with Crippen LogP contribution in [0.5, 0.6) is 5.75 Å². The average molecular weight is 366 g/mol. The standard InChI is InChI=1S/C25H33O2/c1-23(2,3)15-12-16-20-14(10-18(21(16)26)24(4,5)6)11-19(25(7,8)9)22(27)17(20)13-15/h10-13,26-27H,1-9H3/p-1/i12D. The third-order valence-electron chi connectivity index (χ3n) is 5.36. The van der Waals surface area contributed by atoms with E-state index in [0.717, 1.165) is 16.7 Å². The van der Waals surface area contributed by atoms with E-state index >= 15 is 0 Å². The highest BCUT2D eigenvalue weighted by Crippen LogP contribution is 2.48. The largest absolute Gasteiger partial charge is 0.872 e. The molecule has 0 amide bonds. The van der Waals surface area contributed by atoms with Crippen LogP contribution >= 0.6 is 0 Å². The van der Waals surface area contributed by atoms with Crippen LogP contribution in [0.25, 0.3) is 16.8 Å². The summed E-state index contributed by atoms with van der Waals surface area (Å²) in [5, 5.41) is 25.8. The van der Waals surface area contributed by atoms with Crippen LogP contribution in [0.2, 0.25) is 0 Å². The van der Waals surface area contributed by atoms with Gasteiger partial charge in [-0.2, -0.15) is 0 Å². The lowest BCUT2D eigenvalue weighted by Crippen LogP contribution is -2.22. The van der Waals surface area contributed by atoms with Crippen molar-refractivity contribution in [3.05, 3.63) is 52.1 Å². The Kier molecular flexibility index (Phi) is 4.02. The molecule has 0 heterocycles. The topological polar surface area (TPSA) is 43.3 Å². The molecule has 0 aromatic heterocycles. The molecule has 0 atom stereocenters. The van der Waals surface area contributed by atoms with Gasteiger partial charge in [0.2, 0.25) is 0 Å². The Hall–Kier alpha value is -1.80. The Morgan fingerprint density at radius 2 is 1.48 bits per heavy atom. The van der Waals surface area contributed by atoms with Gasteiger partial charge in [-0.3, -0.25) is 0 Å². The van der Waals surface area contributed by atoms with E-state index in [4.69, 9.17) is 1.37 Å². The molecule has 1 aliphatic carbocycles. The van der Waals surface area contributed by atoms with E-state index in [2.05, 4.69) is 20.8 Å². The highest BCUT2D eigenvalue weighted by molar-refractivity contribution is 6.02. The number of hydrogen-bond donors (Lipinski definition) is 1. The summed E-state index contributed by atoms with van der Waals surface area (Å²) in [6, 6.07) is 4.16. The van der Waals surface area contributed by atoms with Gasteiger partial charge in [-0.05, 0) is 49.3 Å². The average Bonchev–Trinajstić information content (AvgIpc) is 2.49. The van der Waals surface area contributed by atoms with Crippen LogP contribution in [0.4, 0.5) is 0 Å². The van der Waals surface area contributed by atoms with Crippen molar-refractivity contribution in [1.82, 2.24) is 0 Å². The summed E-state index contributed by atoms with van der Waals surface area (Å²) in [7, 11) is 0. The van der Waals surface area contributed by atoms with Crippen molar-refractivity contribution in [1.29, 1.82) is 0 Å². The molecule has 0 spiro atoms. The molecule has 1 radical (unpaired) electrons. The van der Waals surface area contributed by atoms with E-state index in [1.807, 2.05) is 59.8 Å². The minimum absolute atomic E-state index is 0.0935. The second-order valence-electron chi connectivity index (χ2n) is 10.8. The molecule has 1 aliphatic rings. The first kappa shape index (κ1) is 18.6. The Bertz CT molecular complexity index is 985. The SMILES string of the molecule is [2H]c1c(C(C)(C)C)cc2c3c(cc(C(C)(C)C)c([O-])c13)C=C(C(C)(C)C)[C]2O. The highest BCUT2D eigenvalue weighted by atomic mass is 16.3. The summed E-state index contributed by atoms with van der Waals surface area (Å²) in [6.07, 6.45) is 2.22. The van der Waals surface area contributed by atoms with Gasteiger partial charge >= 0.3 is 0 Å². The predicted molar refractivity (Wildman–Crippen MR) is 113 cm³/mol. The Balaban J connectivity index is 2.58. The minimum Gasteiger partial charge on any atom is -0.872 e. The lowest BCUT2D eigenvalue weighted by molar-refractivity contribution is -0.267. The Labute approximate surface area is 165 Å². The van der Waals surface area contributed by atoms with Crippen LogP contribution in [0.1, 0.15) is 85.9 Å². The number of aliphatic hydroxyl groups is 1. The Morgan fingerprint density at radius 1 is 0.889 bits per heavy atom. The Morgan fingerprint density at radius 3 is 1.96 bits per heavy atom. The molecule has 27 heavy (non-hydrogen) atoms. The molecule has 0 aliphatic heterocycles. The van der Waals surface area contributed by atoms with Crippen LogP contribution in [0.15, 0.2) is 23.7 Å². The maximum absolute atomic E-state index is 13.5. The maximum atomic E-state index is 13.5. The zero-order chi connectivity index (χ0) is 21.4. The molecule has 3 rings (SSSR count). The van der Waals surface area contributed by atoms with Crippen LogP contribution in [-0.2, 0) is 10.8 Å². The van der Waals surface area contributed by atoms with E-state index < -0.39 is 0 Å². The summed E-state index contributed by atoms with van der Waals surface area (Å²) < 4.78 is 8.86. The van der Waals surface area contributed by atoms with Gasteiger partial charge in [0.15, 0.2) is 0 Å². The molecule has 0 unspecified atom stereocenters.